The zero-order valence-corrected chi connectivity index (χ0v) is 13.9. The van der Waals surface area contributed by atoms with Crippen LogP contribution in [0.1, 0.15) is 17.7 Å². The molecule has 1 aromatic heterocycles. The molecule has 2 heterocycles. The lowest BCUT2D eigenvalue weighted by atomic mass is 10.4. The van der Waals surface area contributed by atoms with E-state index in [1.807, 2.05) is 0 Å². The standard InChI is InChI=1S/C12H19N3O2S3/c1-14(8-9-15-6-2-3-7-15)20(16,17)11-5-4-10(19-11)12(13)18/h4-5H,2-3,6-9H2,1H3,(H2,13,18). The number of likely N-dealkylation sites (N-methyl/N-ethyl adjacent to an activating group) is 1. The van der Waals surface area contributed by atoms with E-state index in [-0.39, 0.29) is 4.99 Å². The third-order valence-electron chi connectivity index (χ3n) is 3.42. The third kappa shape index (κ3) is 3.56. The summed E-state index contributed by atoms with van der Waals surface area (Å²) in [7, 11) is -1.82. The van der Waals surface area contributed by atoms with Crippen molar-refractivity contribution in [2.45, 2.75) is 17.1 Å². The molecule has 112 valence electrons. The highest BCUT2D eigenvalue weighted by molar-refractivity contribution is 7.91. The highest BCUT2D eigenvalue weighted by Gasteiger charge is 2.24. The van der Waals surface area contributed by atoms with Crippen LogP contribution in [-0.4, -0.2) is 55.8 Å². The van der Waals surface area contributed by atoms with Crippen molar-refractivity contribution < 1.29 is 8.42 Å². The van der Waals surface area contributed by atoms with E-state index in [1.54, 1.807) is 19.2 Å². The minimum atomic E-state index is -3.43. The number of nitrogens with two attached hydrogens (primary N) is 1. The minimum absolute atomic E-state index is 0.233. The first-order valence-electron chi connectivity index (χ1n) is 6.49. The molecule has 0 spiro atoms. The number of nitrogens with zero attached hydrogens (tertiary/aromatic N) is 2. The van der Waals surface area contributed by atoms with E-state index in [0.717, 1.165) is 31.0 Å². The Balaban J connectivity index is 2.02. The van der Waals surface area contributed by atoms with E-state index in [0.29, 0.717) is 15.6 Å². The van der Waals surface area contributed by atoms with Crippen LogP contribution in [0.4, 0.5) is 0 Å². The summed E-state index contributed by atoms with van der Waals surface area (Å²) in [5.74, 6) is 0. The lowest BCUT2D eigenvalue weighted by molar-refractivity contribution is 0.310. The van der Waals surface area contributed by atoms with Gasteiger partial charge in [-0.15, -0.1) is 11.3 Å². The second-order valence-corrected chi connectivity index (χ2v) is 8.65. The molecule has 1 aliphatic rings. The van der Waals surface area contributed by atoms with Crippen molar-refractivity contribution in [3.05, 3.63) is 17.0 Å². The molecule has 8 heteroatoms. The van der Waals surface area contributed by atoms with Gasteiger partial charge < -0.3 is 10.6 Å². The first kappa shape index (κ1) is 15.8. The zero-order chi connectivity index (χ0) is 14.8. The molecule has 0 radical (unpaired) electrons. The number of thiophene rings is 1. The average molecular weight is 334 g/mol. The number of hydrogen-bond acceptors (Lipinski definition) is 5. The molecule has 1 saturated heterocycles. The fraction of sp³-hybridized carbons (Fsp3) is 0.583. The second kappa shape index (κ2) is 6.48. The summed E-state index contributed by atoms with van der Waals surface area (Å²) >= 11 is 5.99. The van der Waals surface area contributed by atoms with Gasteiger partial charge in [0.2, 0.25) is 0 Å². The lowest BCUT2D eigenvalue weighted by Crippen LogP contribution is -2.34. The Morgan fingerprint density at radius 1 is 1.45 bits per heavy atom. The molecule has 1 aliphatic heterocycles. The largest absolute Gasteiger partial charge is 0.389 e. The maximum Gasteiger partial charge on any atom is 0.252 e. The van der Waals surface area contributed by atoms with Crippen LogP contribution >= 0.6 is 23.6 Å². The molecule has 1 fully saturated rings. The maximum absolute atomic E-state index is 12.4. The van der Waals surface area contributed by atoms with Crippen molar-refractivity contribution in [1.29, 1.82) is 0 Å². The molecule has 5 nitrogen and oxygen atoms in total. The number of likely N-dealkylation sites (tertiary alicyclic amines) is 1. The number of thiocarbonyl (C=S) groups is 1. The highest BCUT2D eigenvalue weighted by Crippen LogP contribution is 2.24. The average Bonchev–Trinajstić information content (AvgIpc) is 3.06. The predicted octanol–water partition coefficient (Wildman–Crippen LogP) is 1.10. The van der Waals surface area contributed by atoms with Gasteiger partial charge in [-0.05, 0) is 38.1 Å². The number of sulfonamides is 1. The lowest BCUT2D eigenvalue weighted by Gasteiger charge is -2.20. The number of hydrogen-bond donors (Lipinski definition) is 1. The van der Waals surface area contributed by atoms with Crippen molar-refractivity contribution in [2.24, 2.45) is 5.73 Å². The summed E-state index contributed by atoms with van der Waals surface area (Å²) in [6.45, 7) is 3.42. The molecule has 1 aromatic rings. The van der Waals surface area contributed by atoms with Crippen LogP contribution in [0.15, 0.2) is 16.3 Å². The van der Waals surface area contributed by atoms with Crippen molar-refractivity contribution in [3.8, 4) is 0 Å². The fourth-order valence-corrected chi connectivity index (χ4v) is 4.88. The molecular formula is C12H19N3O2S3. The smallest absolute Gasteiger partial charge is 0.252 e. The van der Waals surface area contributed by atoms with Gasteiger partial charge in [0.05, 0.1) is 4.88 Å². The first-order chi connectivity index (χ1) is 9.41. The summed E-state index contributed by atoms with van der Waals surface area (Å²) in [6.07, 6.45) is 2.41. The Morgan fingerprint density at radius 2 is 2.10 bits per heavy atom. The van der Waals surface area contributed by atoms with E-state index in [1.165, 1.54) is 17.1 Å². The number of rotatable bonds is 6. The monoisotopic (exact) mass is 333 g/mol. The molecule has 0 amide bonds. The van der Waals surface area contributed by atoms with Crippen molar-refractivity contribution >= 4 is 38.6 Å². The molecule has 2 N–H and O–H groups in total. The van der Waals surface area contributed by atoms with Crippen LogP contribution in [-0.2, 0) is 10.0 Å². The second-order valence-electron chi connectivity index (χ2n) is 4.86. The van der Waals surface area contributed by atoms with E-state index in [9.17, 15) is 8.42 Å². The van der Waals surface area contributed by atoms with Gasteiger partial charge >= 0.3 is 0 Å². The maximum atomic E-state index is 12.4. The molecular weight excluding hydrogens is 314 g/mol. The summed E-state index contributed by atoms with van der Waals surface area (Å²) < 4.78 is 26.5. The van der Waals surface area contributed by atoms with Crippen LogP contribution in [0.25, 0.3) is 0 Å². The quantitative estimate of drug-likeness (QED) is 0.790. The van der Waals surface area contributed by atoms with Gasteiger partial charge in [-0.25, -0.2) is 8.42 Å². The Kier molecular flexibility index (Phi) is 5.14. The van der Waals surface area contributed by atoms with E-state index >= 15 is 0 Å². The van der Waals surface area contributed by atoms with Gasteiger partial charge in [0.25, 0.3) is 10.0 Å². The predicted molar refractivity (Wildman–Crippen MR) is 85.7 cm³/mol. The zero-order valence-electron chi connectivity index (χ0n) is 11.4. The van der Waals surface area contributed by atoms with Crippen LogP contribution < -0.4 is 5.73 Å². The highest BCUT2D eigenvalue weighted by atomic mass is 32.2. The Labute approximate surface area is 129 Å². The van der Waals surface area contributed by atoms with Crippen molar-refractivity contribution in [3.63, 3.8) is 0 Å². The Bertz CT molecular complexity index is 577. The third-order valence-corrected chi connectivity index (χ3v) is 7.21. The minimum Gasteiger partial charge on any atom is -0.389 e. The molecule has 0 bridgehead atoms. The summed E-state index contributed by atoms with van der Waals surface area (Å²) in [5, 5.41) is 0. The SMILES string of the molecule is CN(CCN1CCCC1)S(=O)(=O)c1ccc(C(N)=S)s1. The van der Waals surface area contributed by atoms with E-state index in [4.69, 9.17) is 18.0 Å². The molecule has 0 aromatic carbocycles. The molecule has 0 atom stereocenters. The van der Waals surface area contributed by atoms with Gasteiger partial charge in [0.1, 0.15) is 9.20 Å². The first-order valence-corrected chi connectivity index (χ1v) is 9.16. The van der Waals surface area contributed by atoms with Crippen molar-refractivity contribution in [1.82, 2.24) is 9.21 Å². The van der Waals surface area contributed by atoms with Crippen LogP contribution in [0.5, 0.6) is 0 Å². The van der Waals surface area contributed by atoms with Gasteiger partial charge in [-0.3, -0.25) is 0 Å². The van der Waals surface area contributed by atoms with Gasteiger partial charge in [0, 0.05) is 20.1 Å². The molecule has 0 saturated carbocycles. The fourth-order valence-electron chi connectivity index (χ4n) is 2.15. The normalized spacial score (nSPS) is 16.9. The summed E-state index contributed by atoms with van der Waals surface area (Å²) in [6, 6.07) is 3.23. The Hall–Kier alpha value is -0.540. The van der Waals surface area contributed by atoms with Crippen LogP contribution in [0, 0.1) is 0 Å². The van der Waals surface area contributed by atoms with Crippen LogP contribution in [0.2, 0.25) is 0 Å². The summed E-state index contributed by atoms with van der Waals surface area (Å²) in [5.41, 5.74) is 5.51. The van der Waals surface area contributed by atoms with E-state index in [2.05, 4.69) is 4.90 Å². The Morgan fingerprint density at radius 3 is 2.65 bits per heavy atom. The molecule has 20 heavy (non-hydrogen) atoms. The molecule has 2 rings (SSSR count). The molecule has 0 unspecified atom stereocenters. The van der Waals surface area contributed by atoms with Crippen molar-refractivity contribution in [2.75, 3.05) is 33.2 Å². The van der Waals surface area contributed by atoms with E-state index < -0.39 is 10.0 Å². The van der Waals surface area contributed by atoms with Gasteiger partial charge in [0.15, 0.2) is 0 Å². The summed E-state index contributed by atoms with van der Waals surface area (Å²) in [4.78, 5) is 3.16. The van der Waals surface area contributed by atoms with Gasteiger partial charge in [-0.2, -0.15) is 4.31 Å². The van der Waals surface area contributed by atoms with Crippen LogP contribution in [0.3, 0.4) is 0 Å². The van der Waals surface area contributed by atoms with Gasteiger partial charge in [-0.1, -0.05) is 12.2 Å². The topological polar surface area (TPSA) is 66.6 Å². The molecule has 0 aliphatic carbocycles.